The van der Waals surface area contributed by atoms with Crippen molar-refractivity contribution in [3.8, 4) is 0 Å². The summed E-state index contributed by atoms with van der Waals surface area (Å²) in [6.45, 7) is 5.37. The maximum absolute atomic E-state index is 12.7. The molecule has 2 saturated heterocycles. The Morgan fingerprint density at radius 1 is 1.17 bits per heavy atom. The first kappa shape index (κ1) is 20.3. The molecule has 3 heterocycles. The van der Waals surface area contributed by atoms with E-state index in [0.717, 1.165) is 30.3 Å². The summed E-state index contributed by atoms with van der Waals surface area (Å²) in [5, 5.41) is 2.83. The molecule has 4 rings (SSSR count). The van der Waals surface area contributed by atoms with Crippen molar-refractivity contribution in [3.63, 3.8) is 0 Å². The largest absolute Gasteiger partial charge is 0.371 e. The third-order valence-corrected chi connectivity index (χ3v) is 8.24. The van der Waals surface area contributed by atoms with Gasteiger partial charge in [-0.05, 0) is 42.7 Å². The molecule has 2 aliphatic heterocycles. The predicted molar refractivity (Wildman–Crippen MR) is 117 cm³/mol. The minimum absolute atomic E-state index is 0.132. The Labute approximate surface area is 175 Å². The van der Waals surface area contributed by atoms with Crippen molar-refractivity contribution in [3.05, 3.63) is 42.2 Å². The van der Waals surface area contributed by atoms with Crippen LogP contribution in [0.3, 0.4) is 0 Å². The molecule has 1 unspecified atom stereocenters. The zero-order valence-electron chi connectivity index (χ0n) is 16.4. The number of aromatic nitrogens is 1. The van der Waals surface area contributed by atoms with Gasteiger partial charge >= 0.3 is 0 Å². The normalized spacial score (nSPS) is 20.7. The summed E-state index contributed by atoms with van der Waals surface area (Å²) in [7, 11) is -3.56. The van der Waals surface area contributed by atoms with E-state index < -0.39 is 10.0 Å². The molecular formula is C20H26N4O3S2. The van der Waals surface area contributed by atoms with E-state index in [4.69, 9.17) is 0 Å². The van der Waals surface area contributed by atoms with E-state index in [1.165, 1.54) is 23.0 Å². The predicted octanol–water partition coefficient (Wildman–Crippen LogP) is 2.85. The molecule has 156 valence electrons. The Balaban J connectivity index is 1.41. The fourth-order valence-corrected chi connectivity index (χ4v) is 6.28. The minimum Gasteiger partial charge on any atom is -0.371 e. The first-order valence-corrected chi connectivity index (χ1v) is 12.5. The van der Waals surface area contributed by atoms with Crippen molar-refractivity contribution in [2.45, 2.75) is 18.2 Å². The van der Waals surface area contributed by atoms with Crippen LogP contribution in [0.1, 0.15) is 23.8 Å². The molecule has 2 aliphatic rings. The van der Waals surface area contributed by atoms with Crippen LogP contribution in [0.25, 0.3) is 0 Å². The molecular weight excluding hydrogens is 408 g/mol. The Morgan fingerprint density at radius 2 is 1.90 bits per heavy atom. The fraction of sp³-hybridized carbons (Fsp3) is 0.450. The standard InChI is InChI=1S/C20H26N4O3S2/c1-15-6-7-23(14-15)17-4-2-16(3-5-17)22-20(25)19-12-18(13-21-19)29(26,27)24-8-10-28-11-9-24/h2-5,12-13,15,21H,6-11,14H2,1H3,(H,22,25). The van der Waals surface area contributed by atoms with Gasteiger partial charge < -0.3 is 15.2 Å². The van der Waals surface area contributed by atoms with Crippen LogP contribution < -0.4 is 10.2 Å². The molecule has 2 aromatic rings. The van der Waals surface area contributed by atoms with Gasteiger partial charge in [-0.1, -0.05) is 6.92 Å². The number of H-pyrrole nitrogens is 1. The molecule has 1 aromatic heterocycles. The number of anilines is 2. The summed E-state index contributed by atoms with van der Waals surface area (Å²) in [6, 6.07) is 9.18. The van der Waals surface area contributed by atoms with Crippen molar-refractivity contribution in [2.75, 3.05) is 47.9 Å². The van der Waals surface area contributed by atoms with Crippen LogP contribution in [-0.2, 0) is 10.0 Å². The van der Waals surface area contributed by atoms with Gasteiger partial charge in [0.05, 0.1) is 0 Å². The topological polar surface area (TPSA) is 85.5 Å². The van der Waals surface area contributed by atoms with Crippen molar-refractivity contribution in [1.82, 2.24) is 9.29 Å². The first-order valence-electron chi connectivity index (χ1n) is 9.86. The number of rotatable bonds is 5. The van der Waals surface area contributed by atoms with Gasteiger partial charge in [0.1, 0.15) is 10.6 Å². The maximum Gasteiger partial charge on any atom is 0.272 e. The number of benzene rings is 1. The average Bonchev–Trinajstić information content (AvgIpc) is 3.39. The number of carbonyl (C=O) groups excluding carboxylic acids is 1. The number of aromatic amines is 1. The Morgan fingerprint density at radius 3 is 2.55 bits per heavy atom. The molecule has 2 fully saturated rings. The second kappa shape index (κ2) is 8.41. The van der Waals surface area contributed by atoms with E-state index >= 15 is 0 Å². The van der Waals surface area contributed by atoms with Gasteiger partial charge in [-0.2, -0.15) is 16.1 Å². The molecule has 7 nitrogen and oxygen atoms in total. The zero-order chi connectivity index (χ0) is 20.4. The second-order valence-corrected chi connectivity index (χ2v) is 10.8. The molecule has 29 heavy (non-hydrogen) atoms. The molecule has 0 saturated carbocycles. The van der Waals surface area contributed by atoms with Gasteiger partial charge in [0, 0.05) is 55.3 Å². The highest BCUT2D eigenvalue weighted by Gasteiger charge is 2.28. The lowest BCUT2D eigenvalue weighted by Crippen LogP contribution is -2.37. The van der Waals surface area contributed by atoms with Crippen molar-refractivity contribution >= 4 is 39.1 Å². The van der Waals surface area contributed by atoms with Gasteiger partial charge in [-0.3, -0.25) is 4.79 Å². The van der Waals surface area contributed by atoms with Crippen LogP contribution in [-0.4, -0.2) is 61.3 Å². The number of thioether (sulfide) groups is 1. The average molecular weight is 435 g/mol. The monoisotopic (exact) mass is 434 g/mol. The van der Waals surface area contributed by atoms with E-state index in [-0.39, 0.29) is 16.5 Å². The molecule has 0 spiro atoms. The van der Waals surface area contributed by atoms with Crippen LogP contribution in [0.2, 0.25) is 0 Å². The Kier molecular flexibility index (Phi) is 5.89. The highest BCUT2D eigenvalue weighted by atomic mass is 32.2. The first-order chi connectivity index (χ1) is 13.9. The number of nitrogens with one attached hydrogen (secondary N) is 2. The lowest BCUT2D eigenvalue weighted by Gasteiger charge is -2.24. The Bertz CT molecular complexity index is 966. The van der Waals surface area contributed by atoms with Crippen LogP contribution in [0.15, 0.2) is 41.4 Å². The van der Waals surface area contributed by atoms with E-state index in [9.17, 15) is 13.2 Å². The summed E-state index contributed by atoms with van der Waals surface area (Å²) in [4.78, 5) is 17.8. The van der Waals surface area contributed by atoms with Crippen LogP contribution >= 0.6 is 11.8 Å². The van der Waals surface area contributed by atoms with Crippen LogP contribution in [0.5, 0.6) is 0 Å². The third-order valence-electron chi connectivity index (χ3n) is 5.42. The molecule has 1 atom stereocenters. The summed E-state index contributed by atoms with van der Waals surface area (Å²) in [5.74, 6) is 1.94. The molecule has 9 heteroatoms. The summed E-state index contributed by atoms with van der Waals surface area (Å²) >= 11 is 1.75. The van der Waals surface area contributed by atoms with Crippen LogP contribution in [0.4, 0.5) is 11.4 Å². The van der Waals surface area contributed by atoms with E-state index in [2.05, 4.69) is 22.1 Å². The van der Waals surface area contributed by atoms with Gasteiger partial charge in [0.25, 0.3) is 5.91 Å². The van der Waals surface area contributed by atoms with E-state index in [1.54, 1.807) is 11.8 Å². The quantitative estimate of drug-likeness (QED) is 0.756. The fourth-order valence-electron chi connectivity index (χ4n) is 3.71. The van der Waals surface area contributed by atoms with Gasteiger partial charge in [-0.15, -0.1) is 0 Å². The number of carbonyl (C=O) groups is 1. The van der Waals surface area contributed by atoms with Crippen molar-refractivity contribution in [2.24, 2.45) is 5.92 Å². The summed E-state index contributed by atoms with van der Waals surface area (Å²) < 4.78 is 26.9. The lowest BCUT2D eigenvalue weighted by atomic mass is 10.2. The van der Waals surface area contributed by atoms with Crippen LogP contribution in [0, 0.1) is 5.92 Å². The van der Waals surface area contributed by atoms with E-state index in [1.807, 2.05) is 24.3 Å². The lowest BCUT2D eigenvalue weighted by molar-refractivity contribution is 0.102. The molecule has 1 amide bonds. The minimum atomic E-state index is -3.56. The highest BCUT2D eigenvalue weighted by molar-refractivity contribution is 7.99. The van der Waals surface area contributed by atoms with Crippen molar-refractivity contribution in [1.29, 1.82) is 0 Å². The maximum atomic E-state index is 12.7. The van der Waals surface area contributed by atoms with Gasteiger partial charge in [0.2, 0.25) is 10.0 Å². The molecule has 0 radical (unpaired) electrons. The Hall–Kier alpha value is -1.97. The van der Waals surface area contributed by atoms with Gasteiger partial charge in [0.15, 0.2) is 0 Å². The highest BCUT2D eigenvalue weighted by Crippen LogP contribution is 2.25. The number of amides is 1. The third kappa shape index (κ3) is 4.46. The van der Waals surface area contributed by atoms with Crippen molar-refractivity contribution < 1.29 is 13.2 Å². The summed E-state index contributed by atoms with van der Waals surface area (Å²) in [5.41, 5.74) is 2.06. The molecule has 0 aliphatic carbocycles. The SMILES string of the molecule is CC1CCN(c2ccc(NC(=O)c3cc(S(=O)(=O)N4CCSCC4)c[nH]3)cc2)C1. The number of hydrogen-bond donors (Lipinski definition) is 2. The second-order valence-electron chi connectivity index (χ2n) is 7.61. The molecule has 2 N–H and O–H groups in total. The smallest absolute Gasteiger partial charge is 0.272 e. The number of hydrogen-bond acceptors (Lipinski definition) is 5. The zero-order valence-corrected chi connectivity index (χ0v) is 18.1. The molecule has 1 aromatic carbocycles. The number of sulfonamides is 1. The van der Waals surface area contributed by atoms with Gasteiger partial charge in [-0.25, -0.2) is 8.42 Å². The van der Waals surface area contributed by atoms with E-state index in [0.29, 0.717) is 24.7 Å². The summed E-state index contributed by atoms with van der Waals surface area (Å²) in [6.07, 6.45) is 2.59. The molecule has 0 bridgehead atoms. The number of nitrogens with zero attached hydrogens (tertiary/aromatic N) is 2.